The van der Waals surface area contributed by atoms with Crippen LogP contribution in [-0.2, 0) is 37.4 Å². The zero-order chi connectivity index (χ0) is 11.3. The van der Waals surface area contributed by atoms with Crippen LogP contribution < -0.4 is 0 Å². The van der Waals surface area contributed by atoms with Crippen LogP contribution in [0.3, 0.4) is 0 Å². The number of aliphatic hydroxyl groups is 1. The van der Waals surface area contributed by atoms with Gasteiger partial charge in [0.2, 0.25) is 6.04 Å². The smallest absolute Gasteiger partial charge is 0.230 e. The van der Waals surface area contributed by atoms with E-state index >= 15 is 0 Å². The molecule has 5 heteroatoms. The van der Waals surface area contributed by atoms with Crippen LogP contribution in [0.4, 0.5) is 0 Å². The Morgan fingerprint density at radius 1 is 1.56 bits per heavy atom. The van der Waals surface area contributed by atoms with Crippen molar-refractivity contribution < 1.29 is 42.6 Å². The molecule has 4 atom stereocenters. The molecule has 1 rings (SSSR count). The molecule has 0 aromatic rings. The number of rotatable bonds is 5. The Morgan fingerprint density at radius 3 is 2.81 bits per heavy atom. The summed E-state index contributed by atoms with van der Waals surface area (Å²) in [5.41, 5.74) is 0. The molecule has 3 nitrogen and oxygen atoms in total. The molecular formula is C11H17BNO2Y-. The van der Waals surface area contributed by atoms with Gasteiger partial charge in [-0.2, -0.15) is 6.42 Å². The molecule has 0 amide bonds. The van der Waals surface area contributed by atoms with Gasteiger partial charge in [-0.1, -0.05) is 6.42 Å². The van der Waals surface area contributed by atoms with Gasteiger partial charge in [0.25, 0.3) is 0 Å². The molecule has 0 aromatic carbocycles. The van der Waals surface area contributed by atoms with Gasteiger partial charge in [0.1, 0.15) is 0 Å². The average molecular weight is 295 g/mol. The van der Waals surface area contributed by atoms with Crippen LogP contribution in [0.2, 0.25) is 5.82 Å². The molecule has 0 aliphatic heterocycles. The minimum absolute atomic E-state index is 0. The van der Waals surface area contributed by atoms with Crippen LogP contribution in [-0.4, -0.2) is 38.3 Å². The van der Waals surface area contributed by atoms with Gasteiger partial charge in [-0.3, -0.25) is 0 Å². The van der Waals surface area contributed by atoms with Gasteiger partial charge in [0.05, 0.1) is 26.5 Å². The molecule has 0 saturated heterocycles. The van der Waals surface area contributed by atoms with Crippen molar-refractivity contribution in [2.24, 2.45) is 5.92 Å². The van der Waals surface area contributed by atoms with E-state index < -0.39 is 6.10 Å². The van der Waals surface area contributed by atoms with Crippen molar-refractivity contribution in [2.75, 3.05) is 13.2 Å². The van der Waals surface area contributed by atoms with Gasteiger partial charge in [-0.25, -0.2) is 6.57 Å². The first-order valence-electron chi connectivity index (χ1n) is 5.38. The molecule has 0 bridgehead atoms. The van der Waals surface area contributed by atoms with Crippen molar-refractivity contribution in [3.63, 3.8) is 0 Å². The van der Waals surface area contributed by atoms with Gasteiger partial charge in [-0.05, 0) is 5.82 Å². The zero-order valence-corrected chi connectivity index (χ0v) is 12.3. The Morgan fingerprint density at radius 2 is 2.25 bits per heavy atom. The van der Waals surface area contributed by atoms with Crippen LogP contribution in [0.5, 0.6) is 0 Å². The second-order valence-corrected chi connectivity index (χ2v) is 4.02. The van der Waals surface area contributed by atoms with Gasteiger partial charge in [0, 0.05) is 45.7 Å². The average Bonchev–Trinajstić information content (AvgIpc) is 2.51. The van der Waals surface area contributed by atoms with Crippen molar-refractivity contribution in [3.8, 4) is 0 Å². The minimum atomic E-state index is -0.550. The Bertz CT molecular complexity index is 235. The SMILES string of the molecule is [B]C1C(O)CC([N+]#[C-])C1COCCC[CH2-].[Y]. The molecule has 85 valence electrons. The first kappa shape index (κ1) is 16.6. The summed E-state index contributed by atoms with van der Waals surface area (Å²) < 4.78 is 5.43. The van der Waals surface area contributed by atoms with E-state index in [2.05, 4.69) is 11.8 Å². The Hall–Kier alpha value is 0.579. The van der Waals surface area contributed by atoms with Crippen LogP contribution in [0, 0.1) is 19.4 Å². The van der Waals surface area contributed by atoms with E-state index in [1.807, 2.05) is 0 Å². The number of nitrogens with zero attached hydrogens (tertiary/aromatic N) is 1. The largest absolute Gasteiger partial charge is 0.393 e. The summed E-state index contributed by atoms with van der Waals surface area (Å²) in [5, 5.41) is 9.54. The van der Waals surface area contributed by atoms with Crippen molar-refractivity contribution >= 4 is 7.85 Å². The van der Waals surface area contributed by atoms with E-state index in [0.717, 1.165) is 12.8 Å². The van der Waals surface area contributed by atoms with E-state index in [4.69, 9.17) is 19.2 Å². The van der Waals surface area contributed by atoms with Crippen LogP contribution >= 0.6 is 0 Å². The maximum absolute atomic E-state index is 9.54. The minimum Gasteiger partial charge on any atom is -0.393 e. The molecule has 1 saturated carbocycles. The number of hydrogen-bond acceptors (Lipinski definition) is 2. The van der Waals surface area contributed by atoms with E-state index in [0.29, 0.717) is 19.6 Å². The first-order valence-corrected chi connectivity index (χ1v) is 5.38. The molecular weight excluding hydrogens is 278 g/mol. The molecule has 4 unspecified atom stereocenters. The Kier molecular flexibility index (Phi) is 8.95. The molecule has 1 aliphatic rings. The normalized spacial score (nSPS) is 33.1. The number of aliphatic hydroxyl groups excluding tert-OH is 1. The standard InChI is InChI=1S/C11H17BNO2.Y/c1-3-4-5-15-7-8-9(13-2)6-10(14)11(8)12;/h8-11,14H,1,3-7H2;/q-1;. The monoisotopic (exact) mass is 295 g/mol. The second-order valence-electron chi connectivity index (χ2n) is 4.02. The predicted octanol–water partition coefficient (Wildman–Crippen LogP) is 1.24. The van der Waals surface area contributed by atoms with Crippen LogP contribution in [0.15, 0.2) is 0 Å². The first-order chi connectivity index (χ1) is 7.20. The van der Waals surface area contributed by atoms with Gasteiger partial charge in [0.15, 0.2) is 0 Å². The van der Waals surface area contributed by atoms with Crippen molar-refractivity contribution in [2.45, 2.75) is 37.2 Å². The fourth-order valence-corrected chi connectivity index (χ4v) is 1.92. The fourth-order valence-electron chi connectivity index (χ4n) is 1.92. The Labute approximate surface area is 124 Å². The summed E-state index contributed by atoms with van der Waals surface area (Å²) in [6.45, 7) is 11.9. The summed E-state index contributed by atoms with van der Waals surface area (Å²) in [5.74, 6) is -0.342. The molecule has 0 aromatic heterocycles. The molecule has 1 aliphatic carbocycles. The Balaban J connectivity index is 0.00000225. The van der Waals surface area contributed by atoms with Crippen molar-refractivity contribution in [3.05, 3.63) is 18.3 Å². The molecule has 1 N–H and O–H groups in total. The maximum Gasteiger partial charge on any atom is 0.230 e. The van der Waals surface area contributed by atoms with E-state index in [1.165, 1.54) is 0 Å². The summed E-state index contributed by atoms with van der Waals surface area (Å²) >= 11 is 0. The summed E-state index contributed by atoms with van der Waals surface area (Å²) in [4.78, 5) is 3.49. The molecule has 0 spiro atoms. The predicted molar refractivity (Wildman–Crippen MR) is 59.4 cm³/mol. The second kappa shape index (κ2) is 8.64. The van der Waals surface area contributed by atoms with Crippen molar-refractivity contribution in [1.29, 1.82) is 0 Å². The van der Waals surface area contributed by atoms with Crippen LogP contribution in [0.25, 0.3) is 4.85 Å². The van der Waals surface area contributed by atoms with E-state index in [1.54, 1.807) is 0 Å². The summed E-state index contributed by atoms with van der Waals surface area (Å²) in [7, 11) is 5.82. The topological polar surface area (TPSA) is 33.8 Å². The third-order valence-corrected chi connectivity index (χ3v) is 2.93. The van der Waals surface area contributed by atoms with Crippen LogP contribution in [0.1, 0.15) is 19.3 Å². The third kappa shape index (κ3) is 4.45. The molecule has 1 fully saturated rings. The summed E-state index contributed by atoms with van der Waals surface area (Å²) in [6, 6.07) is -0.185. The van der Waals surface area contributed by atoms with Gasteiger partial charge >= 0.3 is 0 Å². The quantitative estimate of drug-likeness (QED) is 0.470. The maximum atomic E-state index is 9.54. The van der Waals surface area contributed by atoms with Gasteiger partial charge < -0.3 is 21.6 Å². The zero-order valence-electron chi connectivity index (χ0n) is 9.51. The number of unbranched alkanes of at least 4 members (excludes halogenated alkanes) is 1. The number of hydrogen-bond donors (Lipinski definition) is 1. The molecule has 0 heterocycles. The van der Waals surface area contributed by atoms with Gasteiger partial charge in [-0.15, -0.1) is 0 Å². The third-order valence-electron chi connectivity index (χ3n) is 2.93. The molecule has 3 radical (unpaired) electrons. The number of ether oxygens (including phenoxy) is 1. The molecule has 16 heavy (non-hydrogen) atoms. The van der Waals surface area contributed by atoms with E-state index in [-0.39, 0.29) is 50.5 Å². The fraction of sp³-hybridized carbons (Fsp3) is 0.818. The van der Waals surface area contributed by atoms with E-state index in [9.17, 15) is 5.11 Å². The van der Waals surface area contributed by atoms with Crippen molar-refractivity contribution in [1.82, 2.24) is 0 Å². The summed E-state index contributed by atoms with van der Waals surface area (Å²) in [6.07, 6.45) is 1.71.